The zero-order valence-corrected chi connectivity index (χ0v) is 16.0. The fourth-order valence-electron chi connectivity index (χ4n) is 3.53. The van der Waals surface area contributed by atoms with E-state index in [9.17, 15) is 4.79 Å². The molecule has 1 atom stereocenters. The number of nitrogens with zero attached hydrogens (tertiary/aromatic N) is 1. The molecule has 1 fully saturated rings. The lowest BCUT2D eigenvalue weighted by molar-refractivity contribution is -0.122. The highest BCUT2D eigenvalue weighted by Gasteiger charge is 2.23. The predicted molar refractivity (Wildman–Crippen MR) is 109 cm³/mol. The van der Waals surface area contributed by atoms with Crippen LogP contribution in [-0.2, 0) is 17.9 Å². The van der Waals surface area contributed by atoms with Crippen LogP contribution < -0.4 is 20.7 Å². The third-order valence-corrected chi connectivity index (χ3v) is 4.99. The SMILES string of the molecule is CCOc1cccc(CNCc2ccc(N3CCCC(C(N)=O)C3)cc2)c1. The second-order valence-corrected chi connectivity index (χ2v) is 7.04. The lowest BCUT2D eigenvalue weighted by atomic mass is 9.97. The average molecular weight is 367 g/mol. The van der Waals surface area contributed by atoms with Gasteiger partial charge in [0.05, 0.1) is 12.5 Å². The Morgan fingerprint density at radius 2 is 1.96 bits per heavy atom. The largest absolute Gasteiger partial charge is 0.494 e. The molecular weight excluding hydrogens is 338 g/mol. The lowest BCUT2D eigenvalue weighted by Gasteiger charge is -2.33. The van der Waals surface area contributed by atoms with Gasteiger partial charge in [-0.2, -0.15) is 0 Å². The van der Waals surface area contributed by atoms with Crippen LogP contribution in [0.2, 0.25) is 0 Å². The second kappa shape index (κ2) is 9.42. The van der Waals surface area contributed by atoms with Crippen molar-refractivity contribution in [1.29, 1.82) is 0 Å². The van der Waals surface area contributed by atoms with Crippen LogP contribution in [0.25, 0.3) is 0 Å². The Labute approximate surface area is 161 Å². The van der Waals surface area contributed by atoms with Crippen molar-refractivity contribution in [1.82, 2.24) is 5.32 Å². The van der Waals surface area contributed by atoms with Gasteiger partial charge in [-0.15, -0.1) is 0 Å². The molecule has 0 saturated carbocycles. The van der Waals surface area contributed by atoms with E-state index in [1.54, 1.807) is 0 Å². The average Bonchev–Trinajstić information content (AvgIpc) is 2.69. The number of ether oxygens (including phenoxy) is 1. The number of hydrogen-bond acceptors (Lipinski definition) is 4. The molecule has 2 aromatic rings. The van der Waals surface area contributed by atoms with Gasteiger partial charge in [-0.05, 0) is 55.2 Å². The molecular formula is C22H29N3O2. The van der Waals surface area contributed by atoms with Crippen molar-refractivity contribution in [2.24, 2.45) is 11.7 Å². The minimum atomic E-state index is -0.186. The standard InChI is InChI=1S/C22H29N3O2/c1-2-27-21-7-3-5-18(13-21)15-24-14-17-8-10-20(11-9-17)25-12-4-6-19(16-25)22(23)26/h3,5,7-11,13,19,24H,2,4,6,12,14-16H2,1H3,(H2,23,26). The summed E-state index contributed by atoms with van der Waals surface area (Å²) < 4.78 is 5.54. The number of piperidine rings is 1. The van der Waals surface area contributed by atoms with Crippen LogP contribution in [0.4, 0.5) is 5.69 Å². The van der Waals surface area contributed by atoms with Crippen molar-refractivity contribution < 1.29 is 9.53 Å². The molecule has 5 heteroatoms. The Morgan fingerprint density at radius 1 is 1.19 bits per heavy atom. The molecule has 1 aliphatic heterocycles. The lowest BCUT2D eigenvalue weighted by Crippen LogP contribution is -2.41. The quantitative estimate of drug-likeness (QED) is 0.752. The van der Waals surface area contributed by atoms with Crippen LogP contribution in [0.1, 0.15) is 30.9 Å². The highest BCUT2D eigenvalue weighted by molar-refractivity contribution is 5.77. The molecule has 3 rings (SSSR count). The molecule has 27 heavy (non-hydrogen) atoms. The molecule has 0 bridgehead atoms. The van der Waals surface area contributed by atoms with Crippen LogP contribution in [0.15, 0.2) is 48.5 Å². The van der Waals surface area contributed by atoms with E-state index < -0.39 is 0 Å². The van der Waals surface area contributed by atoms with E-state index in [4.69, 9.17) is 10.5 Å². The Bertz CT molecular complexity index is 745. The molecule has 1 saturated heterocycles. The van der Waals surface area contributed by atoms with Crippen molar-refractivity contribution in [3.05, 3.63) is 59.7 Å². The van der Waals surface area contributed by atoms with Gasteiger partial charge in [0.25, 0.3) is 0 Å². The summed E-state index contributed by atoms with van der Waals surface area (Å²) in [4.78, 5) is 13.7. The number of hydrogen-bond donors (Lipinski definition) is 2. The maximum atomic E-state index is 11.5. The number of nitrogens with one attached hydrogen (secondary N) is 1. The van der Waals surface area contributed by atoms with Crippen molar-refractivity contribution in [2.75, 3.05) is 24.6 Å². The van der Waals surface area contributed by atoms with Gasteiger partial charge in [0, 0.05) is 31.9 Å². The molecule has 3 N–H and O–H groups in total. The first-order valence-corrected chi connectivity index (χ1v) is 9.71. The van der Waals surface area contributed by atoms with Gasteiger partial charge in [0.1, 0.15) is 5.75 Å². The van der Waals surface area contributed by atoms with E-state index in [2.05, 4.69) is 46.6 Å². The van der Waals surface area contributed by atoms with E-state index in [1.165, 1.54) is 11.1 Å². The van der Waals surface area contributed by atoms with Crippen molar-refractivity contribution in [3.8, 4) is 5.75 Å². The summed E-state index contributed by atoms with van der Waals surface area (Å²) in [5, 5.41) is 3.48. The normalized spacial score (nSPS) is 16.9. The summed E-state index contributed by atoms with van der Waals surface area (Å²) >= 11 is 0. The highest BCUT2D eigenvalue weighted by Crippen LogP contribution is 2.23. The number of carbonyl (C=O) groups excluding carboxylic acids is 1. The number of primary amides is 1. The molecule has 1 aliphatic rings. The number of carbonyl (C=O) groups is 1. The summed E-state index contributed by atoms with van der Waals surface area (Å²) in [5.74, 6) is 0.693. The van der Waals surface area contributed by atoms with Crippen LogP contribution in [-0.4, -0.2) is 25.6 Å². The van der Waals surface area contributed by atoms with Crippen molar-refractivity contribution in [3.63, 3.8) is 0 Å². The van der Waals surface area contributed by atoms with Crippen LogP contribution in [0.3, 0.4) is 0 Å². The maximum absolute atomic E-state index is 11.5. The fourth-order valence-corrected chi connectivity index (χ4v) is 3.53. The second-order valence-electron chi connectivity index (χ2n) is 7.04. The van der Waals surface area contributed by atoms with Crippen LogP contribution >= 0.6 is 0 Å². The van der Waals surface area contributed by atoms with Gasteiger partial charge in [-0.25, -0.2) is 0 Å². The third-order valence-electron chi connectivity index (χ3n) is 4.99. The van der Waals surface area contributed by atoms with E-state index in [0.29, 0.717) is 6.61 Å². The van der Waals surface area contributed by atoms with Crippen LogP contribution in [0, 0.1) is 5.92 Å². The highest BCUT2D eigenvalue weighted by atomic mass is 16.5. The first-order chi connectivity index (χ1) is 13.2. The number of rotatable bonds is 8. The summed E-state index contributed by atoms with van der Waals surface area (Å²) in [6.45, 7) is 5.99. The zero-order valence-electron chi connectivity index (χ0n) is 16.0. The molecule has 1 amide bonds. The number of amides is 1. The van der Waals surface area contributed by atoms with Gasteiger partial charge < -0.3 is 20.7 Å². The minimum Gasteiger partial charge on any atom is -0.494 e. The summed E-state index contributed by atoms with van der Waals surface area (Å²) in [6, 6.07) is 16.7. The molecule has 144 valence electrons. The zero-order chi connectivity index (χ0) is 19.1. The smallest absolute Gasteiger partial charge is 0.222 e. The Balaban J connectivity index is 1.50. The van der Waals surface area contributed by atoms with Crippen molar-refractivity contribution in [2.45, 2.75) is 32.9 Å². The maximum Gasteiger partial charge on any atom is 0.222 e. The molecule has 2 aromatic carbocycles. The third kappa shape index (κ3) is 5.47. The Morgan fingerprint density at radius 3 is 2.70 bits per heavy atom. The Kier molecular flexibility index (Phi) is 6.71. The van der Waals surface area contributed by atoms with Gasteiger partial charge in [-0.1, -0.05) is 24.3 Å². The summed E-state index contributed by atoms with van der Waals surface area (Å²) in [6.07, 6.45) is 1.91. The summed E-state index contributed by atoms with van der Waals surface area (Å²) in [5.41, 5.74) is 9.09. The molecule has 1 unspecified atom stereocenters. The van der Waals surface area contributed by atoms with Gasteiger partial charge in [0.2, 0.25) is 5.91 Å². The number of benzene rings is 2. The van der Waals surface area contributed by atoms with E-state index in [0.717, 1.165) is 50.5 Å². The number of anilines is 1. The first-order valence-electron chi connectivity index (χ1n) is 9.71. The molecule has 0 aromatic heterocycles. The van der Waals surface area contributed by atoms with E-state index in [1.807, 2.05) is 19.1 Å². The fraction of sp³-hybridized carbons (Fsp3) is 0.409. The monoisotopic (exact) mass is 367 g/mol. The van der Waals surface area contributed by atoms with Crippen LogP contribution in [0.5, 0.6) is 5.75 Å². The number of nitrogens with two attached hydrogens (primary N) is 1. The molecule has 1 heterocycles. The Hall–Kier alpha value is -2.53. The van der Waals surface area contributed by atoms with Crippen molar-refractivity contribution >= 4 is 11.6 Å². The molecule has 0 radical (unpaired) electrons. The first kappa shape index (κ1) is 19.2. The minimum absolute atomic E-state index is 0.0347. The van der Waals surface area contributed by atoms with Gasteiger partial charge >= 0.3 is 0 Å². The van der Waals surface area contributed by atoms with E-state index >= 15 is 0 Å². The van der Waals surface area contributed by atoms with E-state index in [-0.39, 0.29) is 11.8 Å². The molecule has 5 nitrogen and oxygen atoms in total. The summed E-state index contributed by atoms with van der Waals surface area (Å²) in [7, 11) is 0. The molecule has 0 spiro atoms. The topological polar surface area (TPSA) is 67.6 Å². The molecule has 0 aliphatic carbocycles. The predicted octanol–water partition coefficient (Wildman–Crippen LogP) is 3.08. The van der Waals surface area contributed by atoms with Gasteiger partial charge in [0.15, 0.2) is 0 Å². The van der Waals surface area contributed by atoms with Gasteiger partial charge in [-0.3, -0.25) is 4.79 Å².